The molecular weight excluding hydrogens is 216 g/mol. The quantitative estimate of drug-likeness (QED) is 0.753. The molecule has 0 unspecified atom stereocenters. The molecule has 3 heteroatoms. The summed E-state index contributed by atoms with van der Waals surface area (Å²) in [5.41, 5.74) is 0.483. The Morgan fingerprint density at radius 1 is 1.35 bits per heavy atom. The number of methoxy groups -OCH3 is 1. The first-order valence-corrected chi connectivity index (χ1v) is 6.06. The van der Waals surface area contributed by atoms with E-state index in [-0.39, 0.29) is 12.1 Å². The zero-order chi connectivity index (χ0) is 12.1. The van der Waals surface area contributed by atoms with Crippen molar-refractivity contribution in [2.75, 3.05) is 7.11 Å². The third-order valence-corrected chi connectivity index (χ3v) is 3.08. The van der Waals surface area contributed by atoms with Crippen molar-refractivity contribution in [3.63, 3.8) is 0 Å². The van der Waals surface area contributed by atoms with Crippen LogP contribution < -0.4 is 4.74 Å². The lowest BCUT2D eigenvalue weighted by atomic mass is 9.97. The highest BCUT2D eigenvalue weighted by atomic mass is 16.5. The van der Waals surface area contributed by atoms with Crippen molar-refractivity contribution in [1.82, 2.24) is 0 Å². The fourth-order valence-electron chi connectivity index (χ4n) is 2.15. The monoisotopic (exact) mass is 233 g/mol. The molecule has 91 valence electrons. The first-order valence-electron chi connectivity index (χ1n) is 6.06. The molecule has 1 aliphatic rings. The van der Waals surface area contributed by atoms with Crippen molar-refractivity contribution in [2.24, 2.45) is 0 Å². The number of carbonyl (C=O) groups is 1. The molecule has 1 saturated carbocycles. The van der Waals surface area contributed by atoms with Crippen LogP contribution in [0.4, 0.5) is 0 Å². The van der Waals surface area contributed by atoms with Gasteiger partial charge in [-0.25, -0.2) is 4.79 Å². The molecule has 3 nitrogen and oxygen atoms in total. The highest BCUT2D eigenvalue weighted by Gasteiger charge is 2.18. The zero-order valence-electron chi connectivity index (χ0n) is 10.1. The second-order valence-corrected chi connectivity index (χ2v) is 4.29. The van der Waals surface area contributed by atoms with Crippen LogP contribution in [0.2, 0.25) is 0 Å². The third-order valence-electron chi connectivity index (χ3n) is 3.08. The number of benzene rings is 1. The largest absolute Gasteiger partial charge is 0.490 e. The van der Waals surface area contributed by atoms with Crippen LogP contribution in [0.3, 0.4) is 0 Å². The highest BCUT2D eigenvalue weighted by Crippen LogP contribution is 2.26. The first kappa shape index (κ1) is 12.0. The second-order valence-electron chi connectivity index (χ2n) is 4.29. The van der Waals surface area contributed by atoms with Gasteiger partial charge >= 0.3 is 5.97 Å². The summed E-state index contributed by atoms with van der Waals surface area (Å²) in [7, 11) is 1.38. The Hall–Kier alpha value is -1.51. The summed E-state index contributed by atoms with van der Waals surface area (Å²) in [5, 5.41) is 0. The molecule has 0 amide bonds. The van der Waals surface area contributed by atoms with Crippen LogP contribution in [0, 0.1) is 6.07 Å². The van der Waals surface area contributed by atoms with Crippen LogP contribution >= 0.6 is 0 Å². The molecule has 1 radical (unpaired) electrons. The maximum absolute atomic E-state index is 11.6. The van der Waals surface area contributed by atoms with Crippen LogP contribution in [0.1, 0.15) is 42.5 Å². The van der Waals surface area contributed by atoms with E-state index in [4.69, 9.17) is 9.47 Å². The Kier molecular flexibility index (Phi) is 4.02. The van der Waals surface area contributed by atoms with Crippen LogP contribution in [-0.2, 0) is 4.74 Å². The third kappa shape index (κ3) is 2.99. The summed E-state index contributed by atoms with van der Waals surface area (Å²) >= 11 is 0. The van der Waals surface area contributed by atoms with Gasteiger partial charge in [0, 0.05) is 0 Å². The van der Waals surface area contributed by atoms with Crippen LogP contribution in [0.15, 0.2) is 18.2 Å². The number of ether oxygens (including phenoxy) is 2. The van der Waals surface area contributed by atoms with Crippen molar-refractivity contribution in [2.45, 2.75) is 38.2 Å². The summed E-state index contributed by atoms with van der Waals surface area (Å²) in [5.74, 6) is 0.232. The van der Waals surface area contributed by atoms with E-state index in [1.807, 2.05) is 0 Å². The van der Waals surface area contributed by atoms with E-state index in [0.29, 0.717) is 11.3 Å². The lowest BCUT2D eigenvalue weighted by molar-refractivity contribution is 0.0590. The van der Waals surface area contributed by atoms with Gasteiger partial charge in [-0.3, -0.25) is 0 Å². The van der Waals surface area contributed by atoms with Gasteiger partial charge in [-0.15, -0.1) is 0 Å². The summed E-state index contributed by atoms with van der Waals surface area (Å²) in [4.78, 5) is 11.6. The van der Waals surface area contributed by atoms with Crippen molar-refractivity contribution < 1.29 is 14.3 Å². The summed E-state index contributed by atoms with van der Waals surface area (Å²) in [6, 6.07) is 8.03. The molecule has 0 atom stereocenters. The second kappa shape index (κ2) is 5.71. The summed E-state index contributed by atoms with van der Waals surface area (Å²) in [6.07, 6.45) is 6.04. The number of hydrogen-bond acceptors (Lipinski definition) is 3. The molecule has 0 N–H and O–H groups in total. The molecule has 17 heavy (non-hydrogen) atoms. The number of carbonyl (C=O) groups excluding carboxylic acids is 1. The van der Waals surface area contributed by atoms with E-state index < -0.39 is 0 Å². The van der Waals surface area contributed by atoms with Gasteiger partial charge in [-0.2, -0.15) is 0 Å². The molecule has 1 aromatic carbocycles. The maximum Gasteiger partial charge on any atom is 0.341 e. The van der Waals surface area contributed by atoms with Crippen molar-refractivity contribution in [3.05, 3.63) is 29.8 Å². The highest BCUT2D eigenvalue weighted by molar-refractivity contribution is 5.92. The van der Waals surface area contributed by atoms with E-state index in [2.05, 4.69) is 6.07 Å². The van der Waals surface area contributed by atoms with Gasteiger partial charge in [0.1, 0.15) is 11.3 Å². The molecule has 0 bridgehead atoms. The Balaban J connectivity index is 2.11. The molecule has 0 aromatic heterocycles. The van der Waals surface area contributed by atoms with Gasteiger partial charge in [0.15, 0.2) is 0 Å². The standard InChI is InChI=1S/C14H17O3/c1-16-14(15)12-9-5-6-10-13(12)17-11-7-3-2-4-8-11/h5,9-11H,2-4,7-8H2,1H3. The topological polar surface area (TPSA) is 35.5 Å². The van der Waals surface area contributed by atoms with Gasteiger partial charge in [-0.1, -0.05) is 12.5 Å². The summed E-state index contributed by atoms with van der Waals surface area (Å²) < 4.78 is 10.6. The minimum absolute atomic E-state index is 0.225. The fourth-order valence-corrected chi connectivity index (χ4v) is 2.15. The number of esters is 1. The molecule has 0 aliphatic heterocycles. The van der Waals surface area contributed by atoms with Gasteiger partial charge < -0.3 is 9.47 Å². The van der Waals surface area contributed by atoms with E-state index in [0.717, 1.165) is 12.8 Å². The molecule has 1 aromatic rings. The molecule has 0 saturated heterocycles. The van der Waals surface area contributed by atoms with Crippen molar-refractivity contribution >= 4 is 5.97 Å². The molecule has 1 fully saturated rings. The summed E-state index contributed by atoms with van der Waals surface area (Å²) in [6.45, 7) is 0. The fraction of sp³-hybridized carbons (Fsp3) is 0.500. The van der Waals surface area contributed by atoms with Crippen LogP contribution in [0.5, 0.6) is 5.75 Å². The van der Waals surface area contributed by atoms with Crippen molar-refractivity contribution in [1.29, 1.82) is 0 Å². The van der Waals surface area contributed by atoms with E-state index >= 15 is 0 Å². The molecule has 2 rings (SSSR count). The van der Waals surface area contributed by atoms with Crippen molar-refractivity contribution in [3.8, 4) is 5.75 Å². The van der Waals surface area contributed by atoms with Crippen LogP contribution in [-0.4, -0.2) is 19.2 Å². The van der Waals surface area contributed by atoms with Gasteiger partial charge in [-0.05, 0) is 43.9 Å². The zero-order valence-corrected chi connectivity index (χ0v) is 10.1. The van der Waals surface area contributed by atoms with Crippen LogP contribution in [0.25, 0.3) is 0 Å². The van der Waals surface area contributed by atoms with Gasteiger partial charge in [0.2, 0.25) is 0 Å². The Morgan fingerprint density at radius 3 is 2.82 bits per heavy atom. The predicted octanol–water partition coefficient (Wildman–Crippen LogP) is 2.98. The van der Waals surface area contributed by atoms with Gasteiger partial charge in [0.05, 0.1) is 13.2 Å². The first-order chi connectivity index (χ1) is 8.31. The average molecular weight is 233 g/mol. The predicted molar refractivity (Wildman–Crippen MR) is 64.1 cm³/mol. The lowest BCUT2D eigenvalue weighted by Gasteiger charge is -2.23. The molecule has 1 aliphatic carbocycles. The normalized spacial score (nSPS) is 16.5. The van der Waals surface area contributed by atoms with E-state index in [1.165, 1.54) is 26.4 Å². The number of hydrogen-bond donors (Lipinski definition) is 0. The Bertz CT molecular complexity index is 381. The minimum atomic E-state index is -0.357. The SMILES string of the molecule is COC(=O)c1cc[c]cc1OC1CCCCC1. The molecular formula is C14H17O3. The smallest absolute Gasteiger partial charge is 0.341 e. The molecule has 0 heterocycles. The molecule has 0 spiro atoms. The number of rotatable bonds is 3. The minimum Gasteiger partial charge on any atom is -0.490 e. The van der Waals surface area contributed by atoms with E-state index in [9.17, 15) is 4.79 Å². The van der Waals surface area contributed by atoms with Gasteiger partial charge in [0.25, 0.3) is 0 Å². The average Bonchev–Trinajstić information content (AvgIpc) is 2.40. The Labute approximate surface area is 102 Å². The maximum atomic E-state index is 11.6. The van der Waals surface area contributed by atoms with E-state index in [1.54, 1.807) is 18.2 Å². The Morgan fingerprint density at radius 2 is 2.12 bits per heavy atom. The lowest BCUT2D eigenvalue weighted by Crippen LogP contribution is -2.21.